The first-order chi connectivity index (χ1) is 7.98. The predicted molar refractivity (Wildman–Crippen MR) is 79.4 cm³/mol. The highest BCUT2D eigenvalue weighted by Crippen LogP contribution is 2.43. The quantitative estimate of drug-likeness (QED) is 0.873. The van der Waals surface area contributed by atoms with Gasteiger partial charge in [-0.25, -0.2) is 0 Å². The molecule has 1 aromatic rings. The standard InChI is InChI=1S/C14H20BrNS/c1-14(2)8-7-11(16)13(9-14)17-12-6-4-3-5-10(12)15/h3-6,11,13H,7-9,16H2,1-2H3. The second-order valence-corrected chi connectivity index (χ2v) is 7.79. The number of benzene rings is 1. The van der Waals surface area contributed by atoms with Gasteiger partial charge in [-0.15, -0.1) is 11.8 Å². The van der Waals surface area contributed by atoms with Gasteiger partial charge in [-0.1, -0.05) is 26.0 Å². The molecule has 2 rings (SSSR count). The van der Waals surface area contributed by atoms with Crippen molar-refractivity contribution in [2.24, 2.45) is 11.1 Å². The Bertz CT molecular complexity index is 392. The van der Waals surface area contributed by atoms with Gasteiger partial charge < -0.3 is 5.73 Å². The molecule has 0 spiro atoms. The summed E-state index contributed by atoms with van der Waals surface area (Å²) in [5.41, 5.74) is 6.70. The van der Waals surface area contributed by atoms with Crippen molar-refractivity contribution in [2.75, 3.05) is 0 Å². The molecule has 3 heteroatoms. The molecule has 1 nitrogen and oxygen atoms in total. The van der Waals surface area contributed by atoms with E-state index in [2.05, 4.69) is 54.0 Å². The highest BCUT2D eigenvalue weighted by Gasteiger charge is 2.33. The second-order valence-electron chi connectivity index (χ2n) is 5.66. The summed E-state index contributed by atoms with van der Waals surface area (Å²) in [5, 5.41) is 0.539. The van der Waals surface area contributed by atoms with Crippen LogP contribution in [0.2, 0.25) is 0 Å². The largest absolute Gasteiger partial charge is 0.327 e. The van der Waals surface area contributed by atoms with E-state index in [0.717, 1.165) is 6.42 Å². The maximum absolute atomic E-state index is 6.26. The highest BCUT2D eigenvalue weighted by molar-refractivity contribution is 9.10. The van der Waals surface area contributed by atoms with Gasteiger partial charge in [-0.3, -0.25) is 0 Å². The minimum atomic E-state index is 0.333. The fraction of sp³-hybridized carbons (Fsp3) is 0.571. The maximum atomic E-state index is 6.26. The second kappa shape index (κ2) is 5.33. The topological polar surface area (TPSA) is 26.0 Å². The van der Waals surface area contributed by atoms with Gasteiger partial charge in [0.2, 0.25) is 0 Å². The number of nitrogens with two attached hydrogens (primary N) is 1. The van der Waals surface area contributed by atoms with E-state index in [1.165, 1.54) is 22.2 Å². The van der Waals surface area contributed by atoms with Crippen LogP contribution >= 0.6 is 27.7 Å². The van der Waals surface area contributed by atoms with E-state index in [-0.39, 0.29) is 0 Å². The first kappa shape index (κ1) is 13.4. The normalized spacial score (nSPS) is 28.0. The summed E-state index contributed by atoms with van der Waals surface area (Å²) in [6, 6.07) is 8.75. The van der Waals surface area contributed by atoms with Gasteiger partial charge in [0.1, 0.15) is 0 Å². The maximum Gasteiger partial charge on any atom is 0.0311 e. The van der Waals surface area contributed by atoms with Crippen LogP contribution < -0.4 is 5.73 Å². The van der Waals surface area contributed by atoms with Gasteiger partial charge in [-0.05, 0) is 52.7 Å². The van der Waals surface area contributed by atoms with E-state index in [1.54, 1.807) is 0 Å². The Morgan fingerprint density at radius 3 is 2.76 bits per heavy atom. The summed E-state index contributed by atoms with van der Waals surface area (Å²) in [7, 11) is 0. The fourth-order valence-corrected chi connectivity index (χ4v) is 4.45. The van der Waals surface area contributed by atoms with Crippen molar-refractivity contribution in [3.05, 3.63) is 28.7 Å². The molecule has 0 saturated heterocycles. The Morgan fingerprint density at radius 1 is 1.35 bits per heavy atom. The van der Waals surface area contributed by atoms with Gasteiger partial charge in [0.05, 0.1) is 0 Å². The lowest BCUT2D eigenvalue weighted by atomic mass is 9.75. The first-order valence-corrected chi connectivity index (χ1v) is 7.82. The fourth-order valence-electron chi connectivity index (χ4n) is 2.37. The molecule has 1 aliphatic carbocycles. The zero-order valence-corrected chi connectivity index (χ0v) is 12.9. The van der Waals surface area contributed by atoms with E-state index < -0.39 is 0 Å². The SMILES string of the molecule is CC1(C)CCC(N)C(Sc2ccccc2Br)C1. The van der Waals surface area contributed by atoms with Crippen LogP contribution in [0.3, 0.4) is 0 Å². The van der Waals surface area contributed by atoms with Crippen molar-refractivity contribution in [2.45, 2.75) is 49.3 Å². The van der Waals surface area contributed by atoms with Crippen LogP contribution in [0.1, 0.15) is 33.1 Å². The van der Waals surface area contributed by atoms with Crippen molar-refractivity contribution in [3.8, 4) is 0 Å². The number of rotatable bonds is 2. The van der Waals surface area contributed by atoms with Crippen LogP contribution in [0.5, 0.6) is 0 Å². The lowest BCUT2D eigenvalue weighted by Crippen LogP contribution is -2.41. The molecule has 1 aliphatic rings. The van der Waals surface area contributed by atoms with Gasteiger partial charge in [0, 0.05) is 20.7 Å². The highest BCUT2D eigenvalue weighted by atomic mass is 79.9. The van der Waals surface area contributed by atoms with E-state index >= 15 is 0 Å². The third-order valence-corrected chi connectivity index (χ3v) is 5.88. The molecule has 0 heterocycles. The lowest BCUT2D eigenvalue weighted by molar-refractivity contribution is 0.232. The van der Waals surface area contributed by atoms with Crippen LogP contribution in [-0.4, -0.2) is 11.3 Å². The molecule has 2 unspecified atom stereocenters. The molecule has 0 bridgehead atoms. The average Bonchev–Trinajstić information content (AvgIpc) is 2.26. The van der Waals surface area contributed by atoms with Crippen LogP contribution in [0.15, 0.2) is 33.6 Å². The summed E-state index contributed by atoms with van der Waals surface area (Å²) in [4.78, 5) is 1.31. The molecule has 94 valence electrons. The van der Waals surface area contributed by atoms with Gasteiger partial charge in [0.15, 0.2) is 0 Å². The number of hydrogen-bond donors (Lipinski definition) is 1. The van der Waals surface area contributed by atoms with Crippen molar-refractivity contribution in [3.63, 3.8) is 0 Å². The molecular formula is C14H20BrNS. The van der Waals surface area contributed by atoms with Gasteiger partial charge in [0.25, 0.3) is 0 Å². The van der Waals surface area contributed by atoms with Crippen molar-refractivity contribution in [1.29, 1.82) is 0 Å². The smallest absolute Gasteiger partial charge is 0.0311 e. The van der Waals surface area contributed by atoms with E-state index in [0.29, 0.717) is 16.7 Å². The molecule has 0 aromatic heterocycles. The summed E-state index contributed by atoms with van der Waals surface area (Å²) in [6.07, 6.45) is 3.61. The molecule has 2 N–H and O–H groups in total. The van der Waals surface area contributed by atoms with Crippen LogP contribution in [0, 0.1) is 5.41 Å². The van der Waals surface area contributed by atoms with E-state index in [9.17, 15) is 0 Å². The summed E-state index contributed by atoms with van der Waals surface area (Å²) >= 11 is 5.54. The Balaban J connectivity index is 2.10. The molecule has 0 radical (unpaired) electrons. The molecule has 1 aromatic carbocycles. The zero-order valence-electron chi connectivity index (χ0n) is 10.4. The van der Waals surface area contributed by atoms with E-state index in [4.69, 9.17) is 5.73 Å². The predicted octanol–water partition coefficient (Wildman–Crippen LogP) is 4.45. The molecular weight excluding hydrogens is 294 g/mol. The number of halogens is 1. The summed E-state index contributed by atoms with van der Waals surface area (Å²) < 4.78 is 1.18. The molecule has 1 fully saturated rings. The molecule has 0 amide bonds. The van der Waals surface area contributed by atoms with Crippen molar-refractivity contribution >= 4 is 27.7 Å². The number of thioether (sulfide) groups is 1. The molecule has 0 aliphatic heterocycles. The van der Waals surface area contributed by atoms with Gasteiger partial charge in [-0.2, -0.15) is 0 Å². The molecule has 1 saturated carbocycles. The van der Waals surface area contributed by atoms with Crippen LogP contribution in [0.25, 0.3) is 0 Å². The Kier molecular flexibility index (Phi) is 4.22. The molecule has 2 atom stereocenters. The summed E-state index contributed by atoms with van der Waals surface area (Å²) in [6.45, 7) is 4.71. The lowest BCUT2D eigenvalue weighted by Gasteiger charge is -2.39. The molecule has 17 heavy (non-hydrogen) atoms. The third-order valence-electron chi connectivity index (χ3n) is 3.50. The number of hydrogen-bond acceptors (Lipinski definition) is 2. The van der Waals surface area contributed by atoms with Crippen LogP contribution in [-0.2, 0) is 0 Å². The monoisotopic (exact) mass is 313 g/mol. The summed E-state index contributed by atoms with van der Waals surface area (Å²) in [5.74, 6) is 0. The zero-order chi connectivity index (χ0) is 12.5. The first-order valence-electron chi connectivity index (χ1n) is 6.15. The Hall–Kier alpha value is 0.01000. The van der Waals surface area contributed by atoms with Gasteiger partial charge >= 0.3 is 0 Å². The third kappa shape index (κ3) is 3.49. The minimum absolute atomic E-state index is 0.333. The minimum Gasteiger partial charge on any atom is -0.327 e. The Labute approximate surface area is 117 Å². The average molecular weight is 314 g/mol. The Morgan fingerprint density at radius 2 is 2.06 bits per heavy atom. The van der Waals surface area contributed by atoms with Crippen molar-refractivity contribution < 1.29 is 0 Å². The van der Waals surface area contributed by atoms with Crippen molar-refractivity contribution in [1.82, 2.24) is 0 Å². The van der Waals surface area contributed by atoms with Crippen LogP contribution in [0.4, 0.5) is 0 Å². The van der Waals surface area contributed by atoms with E-state index in [1.807, 2.05) is 11.8 Å².